The highest BCUT2D eigenvalue weighted by Gasteiger charge is 2.54. The first kappa shape index (κ1) is 19.8. The van der Waals surface area contributed by atoms with Crippen LogP contribution < -0.4 is 0 Å². The van der Waals surface area contributed by atoms with Gasteiger partial charge in [-0.2, -0.15) is 0 Å². The van der Waals surface area contributed by atoms with E-state index in [9.17, 15) is 14.4 Å². The number of carbonyl (C=O) groups is 3. The molecule has 28 heavy (non-hydrogen) atoms. The summed E-state index contributed by atoms with van der Waals surface area (Å²) in [6.07, 6.45) is 9.64. The van der Waals surface area contributed by atoms with Crippen molar-refractivity contribution in [2.24, 2.45) is 17.8 Å². The molecule has 5 rings (SSSR count). The number of nitrogens with zero attached hydrogens (tertiary/aromatic N) is 1. The van der Waals surface area contributed by atoms with E-state index in [4.69, 9.17) is 9.47 Å². The fourth-order valence-corrected chi connectivity index (χ4v) is 8.33. The van der Waals surface area contributed by atoms with Gasteiger partial charge >= 0.3 is 11.9 Å². The number of thioether (sulfide) groups is 1. The highest BCUT2D eigenvalue weighted by molar-refractivity contribution is 8.01. The third-order valence-corrected chi connectivity index (χ3v) is 8.34. The standard InChI is InChI=1S/C21H29NO5S/c1-12(23)22-19(27-14(3)25)5-4-18(26-13(2)24)20(22)28-21-9-15-6-16(10-21)8-17(7-15)11-21/h4-5,15-20H,6-11H2,1-3H3. The zero-order chi connectivity index (χ0) is 20.1. The van der Waals surface area contributed by atoms with Crippen molar-refractivity contribution < 1.29 is 23.9 Å². The third-order valence-electron chi connectivity index (χ3n) is 6.60. The fourth-order valence-electron chi connectivity index (χ4n) is 6.16. The smallest absolute Gasteiger partial charge is 0.304 e. The van der Waals surface area contributed by atoms with Gasteiger partial charge in [-0.1, -0.05) is 0 Å². The molecule has 0 aromatic heterocycles. The van der Waals surface area contributed by atoms with E-state index in [1.54, 1.807) is 28.8 Å². The van der Waals surface area contributed by atoms with Gasteiger partial charge in [-0.05, 0) is 68.4 Å². The summed E-state index contributed by atoms with van der Waals surface area (Å²) in [5.74, 6) is 1.33. The minimum absolute atomic E-state index is 0.122. The van der Waals surface area contributed by atoms with Crippen molar-refractivity contribution >= 4 is 29.6 Å². The van der Waals surface area contributed by atoms with Gasteiger partial charge in [0.1, 0.15) is 11.5 Å². The number of esters is 2. The van der Waals surface area contributed by atoms with E-state index < -0.39 is 18.3 Å². The predicted molar refractivity (Wildman–Crippen MR) is 105 cm³/mol. The van der Waals surface area contributed by atoms with Crippen LogP contribution in [0.2, 0.25) is 0 Å². The van der Waals surface area contributed by atoms with Gasteiger partial charge < -0.3 is 9.47 Å². The largest absolute Gasteiger partial charge is 0.455 e. The first-order valence-electron chi connectivity index (χ1n) is 10.2. The molecular weight excluding hydrogens is 378 g/mol. The lowest BCUT2D eigenvalue weighted by Crippen LogP contribution is -2.57. The van der Waals surface area contributed by atoms with E-state index in [1.807, 2.05) is 0 Å². The first-order chi connectivity index (χ1) is 13.2. The molecule has 4 aliphatic carbocycles. The molecule has 0 spiro atoms. The fraction of sp³-hybridized carbons (Fsp3) is 0.762. The molecule has 0 radical (unpaired) electrons. The van der Waals surface area contributed by atoms with E-state index in [1.165, 1.54) is 59.3 Å². The molecule has 154 valence electrons. The molecule has 4 bridgehead atoms. The van der Waals surface area contributed by atoms with Crippen molar-refractivity contribution in [1.29, 1.82) is 0 Å². The summed E-state index contributed by atoms with van der Waals surface area (Å²) >= 11 is 1.78. The Bertz CT molecular complexity index is 670. The SMILES string of the molecule is CC(=O)OC1C=CC(OC(C)=O)N(C(C)=O)C1SC12CC3CC(CC(C3)C1)C2. The van der Waals surface area contributed by atoms with Crippen molar-refractivity contribution in [3.05, 3.63) is 12.2 Å². The molecule has 6 nitrogen and oxygen atoms in total. The number of amides is 1. The Kier molecular flexibility index (Phi) is 5.23. The zero-order valence-corrected chi connectivity index (χ0v) is 17.6. The second-order valence-electron chi connectivity index (χ2n) is 8.99. The number of hydrogen-bond donors (Lipinski definition) is 0. The molecular formula is C21H29NO5S. The maximum absolute atomic E-state index is 12.6. The predicted octanol–water partition coefficient (Wildman–Crippen LogP) is 3.25. The van der Waals surface area contributed by atoms with Gasteiger partial charge in [0, 0.05) is 25.5 Å². The molecule has 3 unspecified atom stereocenters. The lowest BCUT2D eigenvalue weighted by atomic mass is 9.56. The van der Waals surface area contributed by atoms with Crippen molar-refractivity contribution in [2.45, 2.75) is 81.7 Å². The summed E-state index contributed by atoms with van der Waals surface area (Å²) in [7, 11) is 0. The second kappa shape index (κ2) is 7.39. The first-order valence-corrected chi connectivity index (χ1v) is 11.1. The maximum Gasteiger partial charge on any atom is 0.304 e. The maximum atomic E-state index is 12.6. The Morgan fingerprint density at radius 3 is 1.89 bits per heavy atom. The molecule has 0 N–H and O–H groups in total. The molecule has 0 aromatic rings. The molecule has 1 heterocycles. The average molecular weight is 408 g/mol. The lowest BCUT2D eigenvalue weighted by molar-refractivity contribution is -0.165. The Balaban J connectivity index is 1.63. The summed E-state index contributed by atoms with van der Waals surface area (Å²) in [5.41, 5.74) is 0. The Morgan fingerprint density at radius 2 is 1.43 bits per heavy atom. The molecule has 0 saturated heterocycles. The second-order valence-corrected chi connectivity index (χ2v) is 10.6. The Morgan fingerprint density at radius 1 is 0.893 bits per heavy atom. The molecule has 7 heteroatoms. The van der Waals surface area contributed by atoms with Crippen LogP contribution in [0.3, 0.4) is 0 Å². The van der Waals surface area contributed by atoms with Crippen molar-refractivity contribution in [3.8, 4) is 0 Å². The van der Waals surface area contributed by atoms with Crippen LogP contribution in [0, 0.1) is 17.8 Å². The minimum Gasteiger partial charge on any atom is -0.455 e. The summed E-state index contributed by atoms with van der Waals surface area (Å²) < 4.78 is 11.1. The van der Waals surface area contributed by atoms with Gasteiger partial charge in [-0.15, -0.1) is 11.8 Å². The van der Waals surface area contributed by atoms with Crippen molar-refractivity contribution in [3.63, 3.8) is 0 Å². The molecule has 4 saturated carbocycles. The van der Waals surface area contributed by atoms with Crippen LogP contribution in [-0.2, 0) is 23.9 Å². The zero-order valence-electron chi connectivity index (χ0n) is 16.8. The van der Waals surface area contributed by atoms with Gasteiger partial charge in [-0.3, -0.25) is 19.3 Å². The quantitative estimate of drug-likeness (QED) is 0.526. The van der Waals surface area contributed by atoms with Gasteiger partial charge in [0.15, 0.2) is 6.23 Å². The molecule has 4 fully saturated rings. The summed E-state index contributed by atoms with van der Waals surface area (Å²) in [6, 6.07) is 0. The van der Waals surface area contributed by atoms with Crippen LogP contribution in [0.25, 0.3) is 0 Å². The van der Waals surface area contributed by atoms with Gasteiger partial charge in [0.2, 0.25) is 5.91 Å². The highest BCUT2D eigenvalue weighted by atomic mass is 32.2. The topological polar surface area (TPSA) is 72.9 Å². The van der Waals surface area contributed by atoms with E-state index >= 15 is 0 Å². The molecule has 3 atom stereocenters. The Hall–Kier alpha value is -1.50. The van der Waals surface area contributed by atoms with E-state index in [0.717, 1.165) is 17.8 Å². The van der Waals surface area contributed by atoms with Crippen LogP contribution in [0.15, 0.2) is 12.2 Å². The average Bonchev–Trinajstić information content (AvgIpc) is 2.54. The number of ether oxygens (including phenoxy) is 2. The molecule has 5 aliphatic rings. The third kappa shape index (κ3) is 3.82. The van der Waals surface area contributed by atoms with E-state index in [2.05, 4.69) is 0 Å². The number of hydrogen-bond acceptors (Lipinski definition) is 6. The van der Waals surface area contributed by atoms with Gasteiger partial charge in [0.05, 0.1) is 0 Å². The summed E-state index contributed by atoms with van der Waals surface area (Å²) in [4.78, 5) is 37.4. The van der Waals surface area contributed by atoms with Crippen LogP contribution in [0.4, 0.5) is 0 Å². The minimum atomic E-state index is -0.756. The van der Waals surface area contributed by atoms with Gasteiger partial charge in [-0.25, -0.2) is 0 Å². The molecule has 0 aromatic carbocycles. The summed E-state index contributed by atoms with van der Waals surface area (Å²) in [6.45, 7) is 4.20. The number of carbonyl (C=O) groups excluding carboxylic acids is 3. The van der Waals surface area contributed by atoms with Crippen molar-refractivity contribution in [1.82, 2.24) is 4.90 Å². The monoisotopic (exact) mass is 407 g/mol. The van der Waals surface area contributed by atoms with Gasteiger partial charge in [0.25, 0.3) is 0 Å². The van der Waals surface area contributed by atoms with Crippen LogP contribution in [0.5, 0.6) is 0 Å². The highest BCUT2D eigenvalue weighted by Crippen LogP contribution is 2.62. The normalized spacial score (nSPS) is 41.0. The van der Waals surface area contributed by atoms with Crippen molar-refractivity contribution in [2.75, 3.05) is 0 Å². The lowest BCUT2D eigenvalue weighted by Gasteiger charge is -2.58. The van der Waals surface area contributed by atoms with E-state index in [0.29, 0.717) is 0 Å². The molecule has 1 amide bonds. The summed E-state index contributed by atoms with van der Waals surface area (Å²) in [5, 5.41) is -0.382. The van der Waals surface area contributed by atoms with Crippen LogP contribution in [-0.4, -0.2) is 45.2 Å². The number of rotatable bonds is 4. The van der Waals surface area contributed by atoms with Crippen LogP contribution in [0.1, 0.15) is 59.3 Å². The van der Waals surface area contributed by atoms with Crippen LogP contribution >= 0.6 is 11.8 Å². The molecule has 1 aliphatic heterocycles. The Labute approximate surface area is 170 Å². The van der Waals surface area contributed by atoms with E-state index in [-0.39, 0.29) is 22.0 Å².